The van der Waals surface area contributed by atoms with Gasteiger partial charge in [0.2, 0.25) is 5.91 Å². The third kappa shape index (κ3) is 3.37. The van der Waals surface area contributed by atoms with Gasteiger partial charge in [-0.2, -0.15) is 5.10 Å². The molecule has 0 saturated heterocycles. The Labute approximate surface area is 156 Å². The van der Waals surface area contributed by atoms with Crippen molar-refractivity contribution in [1.29, 1.82) is 0 Å². The van der Waals surface area contributed by atoms with E-state index in [0.29, 0.717) is 23.6 Å². The van der Waals surface area contributed by atoms with Crippen molar-refractivity contribution in [2.24, 2.45) is 5.10 Å². The van der Waals surface area contributed by atoms with Gasteiger partial charge in [-0.05, 0) is 24.3 Å². The number of nitrogens with zero attached hydrogens (tertiary/aromatic N) is 2. The molecule has 1 aliphatic heterocycles. The van der Waals surface area contributed by atoms with Gasteiger partial charge >= 0.3 is 0 Å². The lowest BCUT2D eigenvalue weighted by Crippen LogP contribution is -2.25. The van der Waals surface area contributed by atoms with Crippen molar-refractivity contribution < 1.29 is 18.7 Å². The molecule has 1 heterocycles. The second-order valence-corrected chi connectivity index (χ2v) is 6.27. The molecule has 0 unspecified atom stereocenters. The second-order valence-electron chi connectivity index (χ2n) is 5.87. The molecule has 5 nitrogen and oxygen atoms in total. The minimum atomic E-state index is -0.603. The normalized spacial score (nSPS) is 16.4. The molecule has 0 aliphatic carbocycles. The third-order valence-corrected chi connectivity index (χ3v) is 4.58. The number of carbonyl (C=O) groups is 1. The fraction of sp³-hybridized carbons (Fsp3) is 0.263. The first-order chi connectivity index (χ1) is 12.4. The zero-order valence-corrected chi connectivity index (χ0v) is 15.4. The Balaban J connectivity index is 2.04. The van der Waals surface area contributed by atoms with Gasteiger partial charge < -0.3 is 9.47 Å². The molecule has 0 N–H and O–H groups in total. The number of hydrogen-bond donors (Lipinski definition) is 0. The highest BCUT2D eigenvalue weighted by Crippen LogP contribution is 2.38. The summed E-state index contributed by atoms with van der Waals surface area (Å²) in [5, 5.41) is 5.95. The molecule has 3 rings (SSSR count). The Morgan fingerprint density at radius 3 is 2.42 bits per heavy atom. The lowest BCUT2D eigenvalue weighted by Gasteiger charge is -2.21. The van der Waals surface area contributed by atoms with Crippen LogP contribution in [0.5, 0.6) is 11.5 Å². The van der Waals surface area contributed by atoms with Gasteiger partial charge in [-0.25, -0.2) is 9.40 Å². The summed E-state index contributed by atoms with van der Waals surface area (Å²) in [7, 11) is 3.11. The molecular formula is C19H18ClFN2O3. The van der Waals surface area contributed by atoms with Crippen molar-refractivity contribution in [3.63, 3.8) is 0 Å². The Hall–Kier alpha value is -2.60. The first-order valence-corrected chi connectivity index (χ1v) is 8.37. The average Bonchev–Trinajstić information content (AvgIpc) is 3.06. The van der Waals surface area contributed by atoms with Crippen LogP contribution in [-0.2, 0) is 4.79 Å². The molecule has 1 aliphatic rings. The number of methoxy groups -OCH3 is 2. The van der Waals surface area contributed by atoms with Crippen molar-refractivity contribution in [3.05, 3.63) is 58.4 Å². The Morgan fingerprint density at radius 2 is 1.88 bits per heavy atom. The zero-order chi connectivity index (χ0) is 18.8. The van der Waals surface area contributed by atoms with Crippen LogP contribution < -0.4 is 9.47 Å². The zero-order valence-electron chi connectivity index (χ0n) is 14.6. The molecule has 0 bridgehead atoms. The highest BCUT2D eigenvalue weighted by Gasteiger charge is 2.34. The Kier molecular flexibility index (Phi) is 5.13. The first kappa shape index (κ1) is 18.2. The Morgan fingerprint density at radius 1 is 1.23 bits per heavy atom. The first-order valence-electron chi connectivity index (χ1n) is 7.99. The lowest BCUT2D eigenvalue weighted by molar-refractivity contribution is -0.130. The van der Waals surface area contributed by atoms with Gasteiger partial charge in [-0.15, -0.1) is 0 Å². The SMILES string of the molecule is COc1cc(OC)cc(C2=NN(C(C)=O)[C@@H](c3c(F)cccc3Cl)C2)c1. The largest absolute Gasteiger partial charge is 0.497 e. The van der Waals surface area contributed by atoms with E-state index in [-0.39, 0.29) is 16.5 Å². The number of rotatable bonds is 4. The molecule has 1 atom stereocenters. The van der Waals surface area contributed by atoms with Crippen LogP contribution in [0.15, 0.2) is 41.5 Å². The molecule has 0 saturated carbocycles. The average molecular weight is 377 g/mol. The van der Waals surface area contributed by atoms with Crippen LogP contribution in [0.2, 0.25) is 5.02 Å². The summed E-state index contributed by atoms with van der Waals surface area (Å²) in [6, 6.07) is 9.19. The molecule has 26 heavy (non-hydrogen) atoms. The molecule has 136 valence electrons. The summed E-state index contributed by atoms with van der Waals surface area (Å²) in [6.07, 6.45) is 0.330. The maximum absolute atomic E-state index is 14.4. The molecule has 7 heteroatoms. The number of halogens is 2. The van der Waals surface area contributed by atoms with Crippen molar-refractivity contribution in [2.75, 3.05) is 14.2 Å². The quantitative estimate of drug-likeness (QED) is 0.803. The number of benzene rings is 2. The maximum atomic E-state index is 14.4. The van der Waals surface area contributed by atoms with E-state index in [2.05, 4.69) is 5.10 Å². The molecule has 2 aromatic rings. The van der Waals surface area contributed by atoms with Crippen LogP contribution in [0.4, 0.5) is 4.39 Å². The fourth-order valence-electron chi connectivity index (χ4n) is 3.00. The topological polar surface area (TPSA) is 51.1 Å². The molecule has 1 amide bonds. The van der Waals surface area contributed by atoms with E-state index in [1.165, 1.54) is 24.1 Å². The predicted octanol–water partition coefficient (Wildman–Crippen LogP) is 4.19. The Bertz CT molecular complexity index is 843. The van der Waals surface area contributed by atoms with Crippen LogP contribution in [-0.4, -0.2) is 30.8 Å². The van der Waals surface area contributed by atoms with Gasteiger partial charge in [-0.3, -0.25) is 4.79 Å². The van der Waals surface area contributed by atoms with Crippen LogP contribution in [0, 0.1) is 5.82 Å². The van der Waals surface area contributed by atoms with Gasteiger partial charge in [0, 0.05) is 35.6 Å². The number of hydrogen-bond acceptors (Lipinski definition) is 4. The summed E-state index contributed by atoms with van der Waals surface area (Å²) in [5.74, 6) is 0.445. The molecule has 0 radical (unpaired) electrons. The van der Waals surface area contributed by atoms with Crippen molar-refractivity contribution in [1.82, 2.24) is 5.01 Å². The van der Waals surface area contributed by atoms with Crippen molar-refractivity contribution in [2.45, 2.75) is 19.4 Å². The summed E-state index contributed by atoms with van der Waals surface area (Å²) in [6.45, 7) is 1.39. The van der Waals surface area contributed by atoms with Crippen LogP contribution in [0.3, 0.4) is 0 Å². The molecule has 0 spiro atoms. The van der Waals surface area contributed by atoms with Crippen molar-refractivity contribution in [3.8, 4) is 11.5 Å². The van der Waals surface area contributed by atoms with E-state index in [1.54, 1.807) is 38.5 Å². The van der Waals surface area contributed by atoms with E-state index in [0.717, 1.165) is 5.56 Å². The molecule has 0 aromatic heterocycles. The molecule has 2 aromatic carbocycles. The minimum absolute atomic E-state index is 0.262. The highest BCUT2D eigenvalue weighted by molar-refractivity contribution is 6.31. The van der Waals surface area contributed by atoms with Crippen LogP contribution in [0.1, 0.15) is 30.5 Å². The van der Waals surface area contributed by atoms with Gasteiger partial charge in [0.1, 0.15) is 17.3 Å². The highest BCUT2D eigenvalue weighted by atomic mass is 35.5. The summed E-state index contributed by atoms with van der Waals surface area (Å²) >= 11 is 6.20. The standard InChI is InChI=1S/C19H18ClFN2O3/c1-11(24)23-18(19-15(20)5-4-6-16(19)21)10-17(22-23)12-7-13(25-2)9-14(8-12)26-3/h4-9,18H,10H2,1-3H3/t18-/m1/s1. The van der Waals surface area contributed by atoms with E-state index in [4.69, 9.17) is 21.1 Å². The minimum Gasteiger partial charge on any atom is -0.497 e. The van der Waals surface area contributed by atoms with Crippen molar-refractivity contribution >= 4 is 23.2 Å². The van der Waals surface area contributed by atoms with Gasteiger partial charge in [0.25, 0.3) is 0 Å². The number of hydrazone groups is 1. The van der Waals surface area contributed by atoms with Gasteiger partial charge in [-0.1, -0.05) is 17.7 Å². The predicted molar refractivity (Wildman–Crippen MR) is 97.4 cm³/mol. The maximum Gasteiger partial charge on any atom is 0.240 e. The van der Waals surface area contributed by atoms with E-state index >= 15 is 0 Å². The summed E-state index contributed by atoms with van der Waals surface area (Å²) in [5.41, 5.74) is 1.63. The second kappa shape index (κ2) is 7.33. The van der Waals surface area contributed by atoms with Crippen LogP contribution >= 0.6 is 11.6 Å². The number of ether oxygens (including phenoxy) is 2. The monoisotopic (exact) mass is 376 g/mol. The fourth-order valence-corrected chi connectivity index (χ4v) is 3.29. The molecular weight excluding hydrogens is 359 g/mol. The summed E-state index contributed by atoms with van der Waals surface area (Å²) in [4.78, 5) is 12.1. The van der Waals surface area contributed by atoms with Crippen LogP contribution in [0.25, 0.3) is 0 Å². The summed E-state index contributed by atoms with van der Waals surface area (Å²) < 4.78 is 25.0. The third-order valence-electron chi connectivity index (χ3n) is 4.25. The van der Waals surface area contributed by atoms with Gasteiger partial charge in [0.15, 0.2) is 0 Å². The van der Waals surface area contributed by atoms with Gasteiger partial charge in [0.05, 0.1) is 26.0 Å². The smallest absolute Gasteiger partial charge is 0.240 e. The molecule has 0 fully saturated rings. The van der Waals surface area contributed by atoms with E-state index < -0.39 is 11.9 Å². The lowest BCUT2D eigenvalue weighted by atomic mass is 9.97. The van der Waals surface area contributed by atoms with E-state index in [1.807, 2.05) is 0 Å². The van der Waals surface area contributed by atoms with E-state index in [9.17, 15) is 9.18 Å². The number of amides is 1. The number of carbonyl (C=O) groups excluding carboxylic acids is 1.